The molecule has 0 amide bonds. The van der Waals surface area contributed by atoms with E-state index in [1.807, 2.05) is 36.7 Å². The van der Waals surface area contributed by atoms with Crippen LogP contribution in [0.25, 0.3) is 6.08 Å². The van der Waals surface area contributed by atoms with E-state index in [0.29, 0.717) is 11.1 Å². The van der Waals surface area contributed by atoms with Gasteiger partial charge < -0.3 is 0 Å². The second-order valence-corrected chi connectivity index (χ2v) is 14.3. The standard InChI is InChI=1S/C24H17N3O2S2Si/c1-32(2)23-18(5-3-9-25-23)27(19-6-4-10-26-24(19)32)20-8-7-14(31-20)11-15-21(28)16-12-30-13-17(16)22(15)29/h3-13H,1-2H3. The Morgan fingerprint density at radius 2 is 1.47 bits per heavy atom. The van der Waals surface area contributed by atoms with Crippen LogP contribution in [0.1, 0.15) is 25.6 Å². The average Bonchev–Trinajstić information content (AvgIpc) is 3.51. The SMILES string of the molecule is C[Si]1(C)c2ncccc2N(c2ccc(C=C3C(=O)c4cscc4C3=O)s2)c2cccnc21. The molecule has 0 saturated carbocycles. The van der Waals surface area contributed by atoms with Gasteiger partial charge in [0.25, 0.3) is 0 Å². The molecule has 0 aromatic carbocycles. The minimum absolute atomic E-state index is 0.184. The van der Waals surface area contributed by atoms with Crippen molar-refractivity contribution in [1.29, 1.82) is 0 Å². The van der Waals surface area contributed by atoms with E-state index in [1.54, 1.807) is 28.2 Å². The van der Waals surface area contributed by atoms with E-state index >= 15 is 0 Å². The molecule has 5 heterocycles. The van der Waals surface area contributed by atoms with E-state index in [2.05, 4.69) is 30.1 Å². The van der Waals surface area contributed by atoms with Crippen LogP contribution in [0.2, 0.25) is 13.1 Å². The van der Waals surface area contributed by atoms with Gasteiger partial charge >= 0.3 is 0 Å². The number of ketones is 2. The van der Waals surface area contributed by atoms with E-state index in [9.17, 15) is 9.59 Å². The van der Waals surface area contributed by atoms with E-state index in [1.165, 1.54) is 11.3 Å². The number of fused-ring (bicyclic) bond motifs is 3. The molecule has 0 radical (unpaired) electrons. The van der Waals surface area contributed by atoms with E-state index < -0.39 is 8.07 Å². The number of allylic oxidation sites excluding steroid dienone is 1. The van der Waals surface area contributed by atoms with Crippen LogP contribution in [0.4, 0.5) is 16.4 Å². The van der Waals surface area contributed by atoms with Crippen molar-refractivity contribution in [1.82, 2.24) is 9.97 Å². The summed E-state index contributed by atoms with van der Waals surface area (Å²) < 4.78 is 0. The summed E-state index contributed by atoms with van der Waals surface area (Å²) in [5, 5.41) is 6.71. The summed E-state index contributed by atoms with van der Waals surface area (Å²) in [5.41, 5.74) is 3.42. The van der Waals surface area contributed by atoms with Crippen LogP contribution in [0.15, 0.2) is 65.1 Å². The van der Waals surface area contributed by atoms with Crippen molar-refractivity contribution >= 4 is 75.4 Å². The second-order valence-electron chi connectivity index (χ2n) is 8.29. The zero-order valence-electron chi connectivity index (χ0n) is 17.3. The number of Topliss-reactive ketones (excluding diaryl/α,β-unsaturated/α-hetero) is 2. The first-order valence-electron chi connectivity index (χ1n) is 10.1. The Balaban J connectivity index is 1.46. The van der Waals surface area contributed by atoms with Crippen molar-refractivity contribution in [3.05, 3.63) is 81.1 Å². The van der Waals surface area contributed by atoms with Gasteiger partial charge in [0, 0.05) is 39.2 Å². The summed E-state index contributed by atoms with van der Waals surface area (Å²) in [6, 6.07) is 12.1. The van der Waals surface area contributed by atoms with Crippen molar-refractivity contribution < 1.29 is 9.59 Å². The van der Waals surface area contributed by atoms with Crippen LogP contribution in [0.5, 0.6) is 0 Å². The Labute approximate surface area is 193 Å². The molecule has 4 aromatic rings. The number of nitrogens with zero attached hydrogens (tertiary/aromatic N) is 3. The van der Waals surface area contributed by atoms with Crippen molar-refractivity contribution in [3.63, 3.8) is 0 Å². The van der Waals surface area contributed by atoms with Crippen LogP contribution in [-0.2, 0) is 0 Å². The van der Waals surface area contributed by atoms with Gasteiger partial charge in [-0.25, -0.2) is 0 Å². The molecule has 156 valence electrons. The molecule has 4 aromatic heterocycles. The van der Waals surface area contributed by atoms with E-state index in [4.69, 9.17) is 9.97 Å². The van der Waals surface area contributed by atoms with Gasteiger partial charge in [-0.05, 0) is 42.5 Å². The third-order valence-electron chi connectivity index (χ3n) is 6.00. The topological polar surface area (TPSA) is 63.2 Å². The van der Waals surface area contributed by atoms with Crippen molar-refractivity contribution in [2.24, 2.45) is 0 Å². The predicted molar refractivity (Wildman–Crippen MR) is 132 cm³/mol. The van der Waals surface area contributed by atoms with Crippen molar-refractivity contribution in [2.45, 2.75) is 13.1 Å². The maximum absolute atomic E-state index is 12.7. The third kappa shape index (κ3) is 2.67. The lowest BCUT2D eigenvalue weighted by Crippen LogP contribution is -2.60. The highest BCUT2D eigenvalue weighted by Gasteiger charge is 2.41. The van der Waals surface area contributed by atoms with Crippen molar-refractivity contribution in [2.75, 3.05) is 4.90 Å². The highest BCUT2D eigenvalue weighted by molar-refractivity contribution is 7.17. The summed E-state index contributed by atoms with van der Waals surface area (Å²) in [6.07, 6.45) is 5.42. The summed E-state index contributed by atoms with van der Waals surface area (Å²) in [7, 11) is -2.04. The molecule has 1 aliphatic carbocycles. The normalized spacial score (nSPS) is 16.1. The number of carbonyl (C=O) groups excluding carboxylic acids is 2. The van der Waals surface area contributed by atoms with Gasteiger partial charge in [-0.1, -0.05) is 13.1 Å². The minimum atomic E-state index is -2.04. The molecule has 1 aliphatic heterocycles. The fourth-order valence-electron chi connectivity index (χ4n) is 4.45. The maximum atomic E-state index is 12.7. The molecule has 6 rings (SSSR count). The van der Waals surface area contributed by atoms with Gasteiger partial charge in [-0.2, -0.15) is 11.3 Å². The summed E-state index contributed by atoms with van der Waals surface area (Å²) in [6.45, 7) is 4.56. The molecule has 32 heavy (non-hydrogen) atoms. The number of hydrogen-bond donors (Lipinski definition) is 0. The monoisotopic (exact) mass is 471 g/mol. The zero-order valence-corrected chi connectivity index (χ0v) is 20.0. The molecule has 0 bridgehead atoms. The van der Waals surface area contributed by atoms with Gasteiger partial charge in [0.2, 0.25) is 0 Å². The number of hydrogen-bond acceptors (Lipinski definition) is 7. The lowest BCUT2D eigenvalue weighted by Gasteiger charge is -2.38. The Bertz CT molecular complexity index is 1390. The quantitative estimate of drug-likeness (QED) is 0.242. The number of carbonyl (C=O) groups is 2. The summed E-state index contributed by atoms with van der Waals surface area (Å²) in [5.74, 6) is -0.368. The van der Waals surface area contributed by atoms with Crippen LogP contribution >= 0.6 is 22.7 Å². The van der Waals surface area contributed by atoms with Crippen LogP contribution < -0.4 is 15.5 Å². The smallest absolute Gasteiger partial charge is 0.198 e. The van der Waals surface area contributed by atoms with Crippen molar-refractivity contribution in [3.8, 4) is 0 Å². The zero-order chi connectivity index (χ0) is 22.0. The molecule has 0 saturated heterocycles. The highest BCUT2D eigenvalue weighted by atomic mass is 32.1. The Hall–Kier alpha value is -3.20. The molecule has 5 nitrogen and oxygen atoms in total. The lowest BCUT2D eigenvalue weighted by molar-refractivity contribution is 0.0990. The Kier molecular flexibility index (Phi) is 4.20. The molecule has 0 fully saturated rings. The molecular formula is C24H17N3O2S2Si. The van der Waals surface area contributed by atoms with Gasteiger partial charge in [-0.3, -0.25) is 24.5 Å². The van der Waals surface area contributed by atoms with Crippen LogP contribution in [0.3, 0.4) is 0 Å². The third-order valence-corrected chi connectivity index (χ3v) is 10.9. The number of rotatable bonds is 2. The molecule has 8 heteroatoms. The first-order chi connectivity index (χ1) is 15.5. The first-order valence-corrected chi connectivity index (χ1v) is 14.9. The predicted octanol–water partition coefficient (Wildman–Crippen LogP) is 4.67. The minimum Gasteiger partial charge on any atom is -0.299 e. The van der Waals surface area contributed by atoms with Gasteiger partial charge in [0.1, 0.15) is 5.00 Å². The second kappa shape index (κ2) is 6.90. The fourth-order valence-corrected chi connectivity index (χ4v) is 8.93. The van der Waals surface area contributed by atoms with Gasteiger partial charge in [0.05, 0.1) is 27.6 Å². The maximum Gasteiger partial charge on any atom is 0.198 e. The number of anilines is 3. The number of thiophene rings is 2. The first kappa shape index (κ1) is 19.5. The summed E-state index contributed by atoms with van der Waals surface area (Å²) >= 11 is 2.93. The van der Waals surface area contributed by atoms with E-state index in [0.717, 1.165) is 31.9 Å². The summed E-state index contributed by atoms with van der Waals surface area (Å²) in [4.78, 5) is 37.9. The largest absolute Gasteiger partial charge is 0.299 e. The lowest BCUT2D eigenvalue weighted by atomic mass is 10.1. The number of pyridine rings is 2. The van der Waals surface area contributed by atoms with Crippen LogP contribution in [-0.4, -0.2) is 29.6 Å². The fraction of sp³-hybridized carbons (Fsp3) is 0.0833. The molecule has 0 N–H and O–H groups in total. The molecule has 0 atom stereocenters. The highest BCUT2D eigenvalue weighted by Crippen LogP contribution is 2.41. The van der Waals surface area contributed by atoms with Gasteiger partial charge in [0.15, 0.2) is 19.6 Å². The van der Waals surface area contributed by atoms with E-state index in [-0.39, 0.29) is 17.1 Å². The van der Waals surface area contributed by atoms with Gasteiger partial charge in [-0.15, -0.1) is 11.3 Å². The molecular weight excluding hydrogens is 455 g/mol. The molecule has 0 spiro atoms. The Morgan fingerprint density at radius 1 is 0.875 bits per heavy atom. The molecule has 0 unspecified atom stereocenters. The average molecular weight is 472 g/mol. The Morgan fingerprint density at radius 3 is 2.06 bits per heavy atom. The molecule has 2 aliphatic rings. The number of aromatic nitrogens is 2. The van der Waals surface area contributed by atoms with Crippen LogP contribution in [0, 0.1) is 0 Å².